The third kappa shape index (κ3) is 4.29. The maximum absolute atomic E-state index is 10.00. The van der Waals surface area contributed by atoms with Gasteiger partial charge in [-0.2, -0.15) is 0 Å². The second-order valence-corrected chi connectivity index (χ2v) is 5.84. The van der Waals surface area contributed by atoms with E-state index in [0.29, 0.717) is 17.8 Å². The van der Waals surface area contributed by atoms with Crippen LogP contribution in [0.4, 0.5) is 0 Å². The van der Waals surface area contributed by atoms with E-state index in [1.165, 1.54) is 16.7 Å². The summed E-state index contributed by atoms with van der Waals surface area (Å²) in [4.78, 5) is 8.86. The predicted octanol–water partition coefficient (Wildman–Crippen LogP) is 3.74. The van der Waals surface area contributed by atoms with Crippen molar-refractivity contribution in [2.75, 3.05) is 7.11 Å². The molecule has 0 fully saturated rings. The van der Waals surface area contributed by atoms with E-state index < -0.39 is 0 Å². The van der Waals surface area contributed by atoms with Crippen LogP contribution in [0.1, 0.15) is 54.2 Å². The van der Waals surface area contributed by atoms with E-state index >= 15 is 0 Å². The van der Waals surface area contributed by atoms with Crippen LogP contribution in [-0.4, -0.2) is 22.2 Å². The van der Waals surface area contributed by atoms with Gasteiger partial charge in [-0.15, -0.1) is 0 Å². The fraction of sp³-hybridized carbons (Fsp3) is 0.474. The number of aromatic nitrogens is 2. The van der Waals surface area contributed by atoms with E-state index in [4.69, 9.17) is 4.74 Å². The molecule has 0 saturated carbocycles. The number of methoxy groups -OCH3 is 1. The van der Waals surface area contributed by atoms with Crippen LogP contribution in [0.5, 0.6) is 5.75 Å². The highest BCUT2D eigenvalue weighted by atomic mass is 16.5. The van der Waals surface area contributed by atoms with Gasteiger partial charge >= 0.3 is 0 Å². The molecule has 1 heterocycles. The molecule has 23 heavy (non-hydrogen) atoms. The van der Waals surface area contributed by atoms with Crippen molar-refractivity contribution in [1.82, 2.24) is 9.97 Å². The highest BCUT2D eigenvalue weighted by Gasteiger charge is 2.11. The van der Waals surface area contributed by atoms with Crippen LogP contribution < -0.4 is 0 Å². The first-order chi connectivity index (χ1) is 11.1. The third-order valence-corrected chi connectivity index (χ3v) is 3.99. The number of nitrogens with zero attached hydrogens (tertiary/aromatic N) is 2. The molecule has 1 N–H and O–H groups in total. The van der Waals surface area contributed by atoms with Crippen molar-refractivity contribution in [3.63, 3.8) is 0 Å². The summed E-state index contributed by atoms with van der Waals surface area (Å²) in [7, 11) is 1.59. The first-order valence-corrected chi connectivity index (χ1v) is 8.23. The van der Waals surface area contributed by atoms with Crippen molar-refractivity contribution in [3.05, 3.63) is 52.1 Å². The van der Waals surface area contributed by atoms with E-state index in [0.717, 1.165) is 25.1 Å². The number of aryl methyl sites for hydroxylation is 3. The largest absolute Gasteiger partial charge is 0.504 e. The summed E-state index contributed by atoms with van der Waals surface area (Å²) in [6, 6.07) is 6.63. The SMILES string of the molecule is CCCc1cc(Cc2nc(C)c(O)c(COC)n2)ccc1CC. The van der Waals surface area contributed by atoms with E-state index in [1.54, 1.807) is 14.0 Å². The Morgan fingerprint density at radius 2 is 1.91 bits per heavy atom. The summed E-state index contributed by atoms with van der Waals surface area (Å²) in [5, 5.41) is 10.00. The van der Waals surface area contributed by atoms with Crippen LogP contribution >= 0.6 is 0 Å². The number of rotatable bonds is 7. The van der Waals surface area contributed by atoms with Crippen molar-refractivity contribution in [1.29, 1.82) is 0 Å². The highest BCUT2D eigenvalue weighted by molar-refractivity contribution is 5.35. The van der Waals surface area contributed by atoms with Crippen molar-refractivity contribution < 1.29 is 9.84 Å². The molecule has 1 aromatic carbocycles. The molecule has 0 spiro atoms. The molecule has 0 radical (unpaired) electrons. The van der Waals surface area contributed by atoms with E-state index in [9.17, 15) is 5.11 Å². The average molecular weight is 314 g/mol. The molecule has 4 heteroatoms. The smallest absolute Gasteiger partial charge is 0.160 e. The Morgan fingerprint density at radius 3 is 2.57 bits per heavy atom. The lowest BCUT2D eigenvalue weighted by atomic mass is 9.97. The van der Waals surface area contributed by atoms with Crippen LogP contribution in [-0.2, 0) is 30.6 Å². The van der Waals surface area contributed by atoms with Crippen molar-refractivity contribution in [2.45, 2.75) is 53.1 Å². The number of aromatic hydroxyl groups is 1. The zero-order chi connectivity index (χ0) is 16.8. The number of hydrogen-bond acceptors (Lipinski definition) is 4. The van der Waals surface area contributed by atoms with E-state index in [1.807, 2.05) is 0 Å². The Morgan fingerprint density at radius 1 is 1.13 bits per heavy atom. The molecule has 0 aliphatic heterocycles. The Kier molecular flexibility index (Phi) is 6.11. The highest BCUT2D eigenvalue weighted by Crippen LogP contribution is 2.21. The van der Waals surface area contributed by atoms with Gasteiger partial charge in [0, 0.05) is 13.5 Å². The summed E-state index contributed by atoms with van der Waals surface area (Å²) in [6.45, 7) is 6.48. The lowest BCUT2D eigenvalue weighted by Crippen LogP contribution is -2.05. The van der Waals surface area contributed by atoms with E-state index in [2.05, 4.69) is 42.0 Å². The Labute approximate surface area is 138 Å². The Bertz CT molecular complexity index is 669. The molecule has 0 aliphatic carbocycles. The Balaban J connectivity index is 2.30. The average Bonchev–Trinajstić information content (AvgIpc) is 2.53. The quantitative estimate of drug-likeness (QED) is 0.846. The zero-order valence-electron chi connectivity index (χ0n) is 14.5. The summed E-state index contributed by atoms with van der Waals surface area (Å²) in [5.41, 5.74) is 5.19. The molecule has 0 atom stereocenters. The lowest BCUT2D eigenvalue weighted by Gasteiger charge is -2.11. The van der Waals surface area contributed by atoms with Gasteiger partial charge in [-0.1, -0.05) is 38.5 Å². The van der Waals surface area contributed by atoms with Gasteiger partial charge < -0.3 is 9.84 Å². The topological polar surface area (TPSA) is 55.2 Å². The van der Waals surface area contributed by atoms with Gasteiger partial charge in [-0.25, -0.2) is 9.97 Å². The van der Waals surface area contributed by atoms with Crippen LogP contribution in [0.15, 0.2) is 18.2 Å². The molecule has 124 valence electrons. The van der Waals surface area contributed by atoms with Gasteiger partial charge in [0.15, 0.2) is 5.75 Å². The fourth-order valence-corrected chi connectivity index (χ4v) is 2.82. The first kappa shape index (κ1) is 17.4. The zero-order valence-corrected chi connectivity index (χ0v) is 14.5. The molecule has 4 nitrogen and oxygen atoms in total. The van der Waals surface area contributed by atoms with Crippen LogP contribution in [0.2, 0.25) is 0 Å². The van der Waals surface area contributed by atoms with Gasteiger partial charge in [-0.05, 0) is 36.5 Å². The van der Waals surface area contributed by atoms with Crippen LogP contribution in [0.3, 0.4) is 0 Å². The molecular formula is C19H26N2O2. The molecule has 1 aromatic heterocycles. The van der Waals surface area contributed by atoms with Crippen molar-refractivity contribution in [3.8, 4) is 5.75 Å². The lowest BCUT2D eigenvalue weighted by molar-refractivity contribution is 0.177. The summed E-state index contributed by atoms with van der Waals surface area (Å²) in [5.74, 6) is 0.850. The minimum absolute atomic E-state index is 0.128. The van der Waals surface area contributed by atoms with Gasteiger partial charge in [0.25, 0.3) is 0 Å². The minimum atomic E-state index is 0.128. The molecule has 2 rings (SSSR count). The normalized spacial score (nSPS) is 11.0. The number of ether oxygens (including phenoxy) is 1. The molecular weight excluding hydrogens is 288 g/mol. The molecule has 0 amide bonds. The molecule has 0 saturated heterocycles. The van der Waals surface area contributed by atoms with Gasteiger partial charge in [0.05, 0.1) is 12.3 Å². The minimum Gasteiger partial charge on any atom is -0.504 e. The second kappa shape index (κ2) is 8.06. The second-order valence-electron chi connectivity index (χ2n) is 5.84. The first-order valence-electron chi connectivity index (χ1n) is 8.23. The monoisotopic (exact) mass is 314 g/mol. The maximum Gasteiger partial charge on any atom is 0.160 e. The molecule has 0 bridgehead atoms. The summed E-state index contributed by atoms with van der Waals surface area (Å²) >= 11 is 0. The van der Waals surface area contributed by atoms with Gasteiger partial charge in [-0.3, -0.25) is 0 Å². The van der Waals surface area contributed by atoms with Crippen molar-refractivity contribution >= 4 is 0 Å². The molecule has 0 unspecified atom stereocenters. The molecule has 2 aromatic rings. The fourth-order valence-electron chi connectivity index (χ4n) is 2.82. The van der Waals surface area contributed by atoms with Crippen molar-refractivity contribution in [2.24, 2.45) is 0 Å². The van der Waals surface area contributed by atoms with Gasteiger partial charge in [0.1, 0.15) is 11.5 Å². The summed E-state index contributed by atoms with van der Waals surface area (Å²) < 4.78 is 5.10. The molecule has 0 aliphatic rings. The van der Waals surface area contributed by atoms with Crippen LogP contribution in [0.25, 0.3) is 0 Å². The maximum atomic E-state index is 10.00. The number of benzene rings is 1. The Hall–Kier alpha value is -1.94. The van der Waals surface area contributed by atoms with E-state index in [-0.39, 0.29) is 12.4 Å². The summed E-state index contributed by atoms with van der Waals surface area (Å²) in [6.07, 6.45) is 3.96. The predicted molar refractivity (Wildman–Crippen MR) is 91.8 cm³/mol. The standard InChI is InChI=1S/C19H26N2O2/c1-5-7-16-10-14(8-9-15(16)6-2)11-18-20-13(3)19(22)17(21-18)12-23-4/h8-10,22H,5-7,11-12H2,1-4H3. The van der Waals surface area contributed by atoms with Gasteiger partial charge in [0.2, 0.25) is 0 Å². The van der Waals surface area contributed by atoms with Crippen LogP contribution in [0, 0.1) is 6.92 Å². The number of hydrogen-bond donors (Lipinski definition) is 1. The third-order valence-electron chi connectivity index (χ3n) is 3.99.